The van der Waals surface area contributed by atoms with Crippen LogP contribution in [0.25, 0.3) is 5.95 Å². The summed E-state index contributed by atoms with van der Waals surface area (Å²) in [6.45, 7) is 0.697. The molecule has 8 nitrogen and oxygen atoms in total. The summed E-state index contributed by atoms with van der Waals surface area (Å²) in [5, 5.41) is 4.08. The second kappa shape index (κ2) is 4.98. The summed E-state index contributed by atoms with van der Waals surface area (Å²) in [4.78, 5) is 14.1. The minimum atomic E-state index is -2.95. The molecule has 0 aliphatic carbocycles. The third kappa shape index (κ3) is 2.73. The van der Waals surface area contributed by atoms with Crippen LogP contribution in [0.5, 0.6) is 0 Å². The van der Waals surface area contributed by atoms with Crippen molar-refractivity contribution in [2.45, 2.75) is 0 Å². The molecule has 2 aromatic rings. The number of aromatic nitrogens is 5. The van der Waals surface area contributed by atoms with Gasteiger partial charge in [-0.1, -0.05) is 0 Å². The Kier molecular flexibility index (Phi) is 3.30. The second-order valence-corrected chi connectivity index (χ2v) is 6.94. The van der Waals surface area contributed by atoms with E-state index in [0.29, 0.717) is 25.0 Å². The summed E-state index contributed by atoms with van der Waals surface area (Å²) in [6.07, 6.45) is 3.29. The molecule has 0 radical (unpaired) electrons. The molecule has 0 N–H and O–H groups in total. The van der Waals surface area contributed by atoms with E-state index in [1.165, 1.54) is 4.68 Å². The van der Waals surface area contributed by atoms with E-state index in [1.54, 1.807) is 23.4 Å². The smallest absolute Gasteiger partial charge is 0.256 e. The zero-order chi connectivity index (χ0) is 14.2. The number of hydrogen-bond acceptors (Lipinski definition) is 7. The van der Waals surface area contributed by atoms with Crippen molar-refractivity contribution in [2.75, 3.05) is 29.5 Å². The van der Waals surface area contributed by atoms with Crippen LogP contribution in [0.2, 0.25) is 5.28 Å². The van der Waals surface area contributed by atoms with Gasteiger partial charge in [0.2, 0.25) is 11.2 Å². The highest BCUT2D eigenvalue weighted by Crippen LogP contribution is 2.15. The Morgan fingerprint density at radius 1 is 1.10 bits per heavy atom. The molecule has 0 bridgehead atoms. The van der Waals surface area contributed by atoms with Gasteiger partial charge in [-0.2, -0.15) is 20.1 Å². The normalized spacial score (nSPS) is 18.1. The molecule has 2 aromatic heterocycles. The Labute approximate surface area is 120 Å². The molecule has 3 heterocycles. The zero-order valence-corrected chi connectivity index (χ0v) is 11.9. The van der Waals surface area contributed by atoms with Crippen LogP contribution in [-0.2, 0) is 9.84 Å². The fourth-order valence-electron chi connectivity index (χ4n) is 1.87. The Bertz CT molecular complexity index is 703. The zero-order valence-electron chi connectivity index (χ0n) is 10.3. The molecular weight excluding hydrogens is 304 g/mol. The molecule has 10 heteroatoms. The van der Waals surface area contributed by atoms with E-state index in [0.717, 1.165) is 0 Å². The Morgan fingerprint density at radius 3 is 2.45 bits per heavy atom. The Hall–Kier alpha value is -1.74. The van der Waals surface area contributed by atoms with E-state index in [-0.39, 0.29) is 16.8 Å². The van der Waals surface area contributed by atoms with Gasteiger partial charge in [-0.05, 0) is 17.7 Å². The number of rotatable bonds is 2. The lowest BCUT2D eigenvalue weighted by Gasteiger charge is -2.26. The fourth-order valence-corrected chi connectivity index (χ4v) is 3.23. The molecule has 0 saturated carbocycles. The summed E-state index contributed by atoms with van der Waals surface area (Å²) in [5.41, 5.74) is 0. The third-order valence-electron chi connectivity index (χ3n) is 2.92. The SMILES string of the molecule is O=S1(=O)CCN(c2nc(Cl)nc(-n3cccn3)n2)CC1. The van der Waals surface area contributed by atoms with Crippen LogP contribution in [-0.4, -0.2) is 57.7 Å². The third-order valence-corrected chi connectivity index (χ3v) is 4.70. The van der Waals surface area contributed by atoms with Crippen molar-refractivity contribution in [1.82, 2.24) is 24.7 Å². The molecule has 0 amide bonds. The van der Waals surface area contributed by atoms with Gasteiger partial charge in [0.1, 0.15) is 0 Å². The lowest BCUT2D eigenvalue weighted by atomic mass is 10.5. The maximum Gasteiger partial charge on any atom is 0.256 e. The molecule has 20 heavy (non-hydrogen) atoms. The first-order valence-corrected chi connectivity index (χ1v) is 8.10. The molecule has 1 fully saturated rings. The number of halogens is 1. The highest BCUT2D eigenvalue weighted by Gasteiger charge is 2.24. The van der Waals surface area contributed by atoms with Gasteiger partial charge in [0.25, 0.3) is 5.95 Å². The van der Waals surface area contributed by atoms with E-state index < -0.39 is 9.84 Å². The van der Waals surface area contributed by atoms with Gasteiger partial charge in [-0.15, -0.1) is 0 Å². The molecule has 106 valence electrons. The Morgan fingerprint density at radius 2 is 1.80 bits per heavy atom. The van der Waals surface area contributed by atoms with Gasteiger partial charge in [-0.3, -0.25) is 0 Å². The Balaban J connectivity index is 1.91. The summed E-state index contributed by atoms with van der Waals surface area (Å²) in [5.74, 6) is 0.852. The maximum absolute atomic E-state index is 11.4. The molecule has 0 atom stereocenters. The monoisotopic (exact) mass is 314 g/mol. The van der Waals surface area contributed by atoms with Gasteiger partial charge in [0.05, 0.1) is 11.5 Å². The van der Waals surface area contributed by atoms with Gasteiger partial charge in [-0.25, -0.2) is 13.1 Å². The van der Waals surface area contributed by atoms with E-state index >= 15 is 0 Å². The van der Waals surface area contributed by atoms with Crippen molar-refractivity contribution in [3.8, 4) is 5.95 Å². The fraction of sp³-hybridized carbons (Fsp3) is 0.400. The number of nitrogens with zero attached hydrogens (tertiary/aromatic N) is 6. The van der Waals surface area contributed by atoms with Crippen LogP contribution in [0.15, 0.2) is 18.5 Å². The molecule has 0 spiro atoms. The van der Waals surface area contributed by atoms with Crippen LogP contribution in [0.3, 0.4) is 0 Å². The van der Waals surface area contributed by atoms with Gasteiger partial charge in [0, 0.05) is 25.5 Å². The van der Waals surface area contributed by atoms with E-state index in [4.69, 9.17) is 11.6 Å². The van der Waals surface area contributed by atoms with Crippen LogP contribution in [0.4, 0.5) is 5.95 Å². The predicted octanol–water partition coefficient (Wildman–Crippen LogP) is -0.0545. The highest BCUT2D eigenvalue weighted by molar-refractivity contribution is 7.91. The lowest BCUT2D eigenvalue weighted by Crippen LogP contribution is -2.41. The maximum atomic E-state index is 11.4. The van der Waals surface area contributed by atoms with Crippen molar-refractivity contribution in [3.05, 3.63) is 23.7 Å². The topological polar surface area (TPSA) is 93.9 Å². The van der Waals surface area contributed by atoms with Crippen molar-refractivity contribution in [1.29, 1.82) is 0 Å². The van der Waals surface area contributed by atoms with Crippen molar-refractivity contribution in [3.63, 3.8) is 0 Å². The lowest BCUT2D eigenvalue weighted by molar-refractivity contribution is 0.585. The van der Waals surface area contributed by atoms with Gasteiger partial charge >= 0.3 is 0 Å². The first-order chi connectivity index (χ1) is 9.53. The van der Waals surface area contributed by atoms with E-state index in [9.17, 15) is 8.42 Å². The van der Waals surface area contributed by atoms with Crippen molar-refractivity contribution in [2.24, 2.45) is 0 Å². The summed E-state index contributed by atoms with van der Waals surface area (Å²) < 4.78 is 24.3. The average Bonchev–Trinajstić information content (AvgIpc) is 2.91. The molecule has 1 aliphatic heterocycles. The molecule has 0 unspecified atom stereocenters. The van der Waals surface area contributed by atoms with Crippen LogP contribution in [0.1, 0.15) is 0 Å². The first-order valence-electron chi connectivity index (χ1n) is 5.90. The summed E-state index contributed by atoms with van der Waals surface area (Å²) >= 11 is 5.89. The van der Waals surface area contributed by atoms with Crippen molar-refractivity contribution < 1.29 is 8.42 Å². The minimum Gasteiger partial charge on any atom is -0.339 e. The molecule has 3 rings (SSSR count). The number of anilines is 1. The first kappa shape index (κ1) is 13.3. The van der Waals surface area contributed by atoms with Crippen LogP contribution in [0, 0.1) is 0 Å². The van der Waals surface area contributed by atoms with Gasteiger partial charge in [0.15, 0.2) is 9.84 Å². The standard InChI is InChI=1S/C10H11ClN6O2S/c11-8-13-9(16-4-6-20(18,19)7-5-16)15-10(14-8)17-3-1-2-12-17/h1-3H,4-7H2. The predicted molar refractivity (Wildman–Crippen MR) is 72.8 cm³/mol. The molecule has 0 aromatic carbocycles. The number of sulfone groups is 1. The summed E-state index contributed by atoms with van der Waals surface area (Å²) in [6, 6.07) is 1.74. The molecule has 1 saturated heterocycles. The minimum absolute atomic E-state index is 0.0499. The average molecular weight is 315 g/mol. The van der Waals surface area contributed by atoms with Crippen molar-refractivity contribution >= 4 is 27.4 Å². The van der Waals surface area contributed by atoms with Gasteiger partial charge < -0.3 is 4.90 Å². The van der Waals surface area contributed by atoms with E-state index in [1.807, 2.05) is 0 Å². The number of hydrogen-bond donors (Lipinski definition) is 0. The second-order valence-electron chi connectivity index (χ2n) is 4.29. The molecular formula is C10H11ClN6O2S. The largest absolute Gasteiger partial charge is 0.339 e. The quantitative estimate of drug-likeness (QED) is 0.766. The van der Waals surface area contributed by atoms with Crippen LogP contribution < -0.4 is 4.90 Å². The van der Waals surface area contributed by atoms with E-state index in [2.05, 4.69) is 20.1 Å². The molecule has 1 aliphatic rings. The highest BCUT2D eigenvalue weighted by atomic mass is 35.5. The van der Waals surface area contributed by atoms with Crippen LogP contribution >= 0.6 is 11.6 Å². The summed E-state index contributed by atoms with van der Waals surface area (Å²) in [7, 11) is -2.95.